The zero-order valence-corrected chi connectivity index (χ0v) is 12.3. The molecule has 1 heterocycles. The number of aryl methyl sites for hydroxylation is 1. The normalized spacial score (nSPS) is 14.2. The van der Waals surface area contributed by atoms with E-state index < -0.39 is 0 Å². The van der Waals surface area contributed by atoms with Gasteiger partial charge >= 0.3 is 0 Å². The maximum absolute atomic E-state index is 12.3. The Labute approximate surface area is 119 Å². The molecule has 2 rings (SSSR count). The molecular weight excluding hydrogens is 256 g/mol. The fourth-order valence-corrected chi connectivity index (χ4v) is 2.21. The fourth-order valence-electron chi connectivity index (χ4n) is 2.21. The van der Waals surface area contributed by atoms with Gasteiger partial charge in [-0.05, 0) is 32.0 Å². The lowest BCUT2D eigenvalue weighted by Crippen LogP contribution is -2.38. The summed E-state index contributed by atoms with van der Waals surface area (Å²) in [4.78, 5) is 12.3. The number of likely N-dealkylation sites (N-methyl/N-ethyl adjacent to an activating group) is 1. The zero-order chi connectivity index (χ0) is 14.5. The maximum Gasteiger partial charge on any atom is 0.241 e. The summed E-state index contributed by atoms with van der Waals surface area (Å²) in [7, 11) is 1.81. The first-order chi connectivity index (χ1) is 9.65. The summed E-state index contributed by atoms with van der Waals surface area (Å²) >= 11 is 0. The molecule has 1 atom stereocenters. The molecule has 0 radical (unpaired) electrons. The number of nitrogens with one attached hydrogen (secondary N) is 2. The lowest BCUT2D eigenvalue weighted by molar-refractivity contribution is -0.118. The summed E-state index contributed by atoms with van der Waals surface area (Å²) in [6, 6.07) is 3.54. The smallest absolute Gasteiger partial charge is 0.241 e. The number of ether oxygens (including phenoxy) is 2. The van der Waals surface area contributed by atoms with Crippen molar-refractivity contribution in [1.82, 2.24) is 5.32 Å². The van der Waals surface area contributed by atoms with E-state index in [-0.39, 0.29) is 18.7 Å². The van der Waals surface area contributed by atoms with Crippen LogP contribution in [-0.4, -0.2) is 25.8 Å². The average Bonchev–Trinajstić information content (AvgIpc) is 2.87. The number of anilines is 1. The number of hydrogen-bond donors (Lipinski definition) is 2. The van der Waals surface area contributed by atoms with Crippen molar-refractivity contribution < 1.29 is 14.3 Å². The molecule has 5 heteroatoms. The highest BCUT2D eigenvalue weighted by atomic mass is 16.7. The third-order valence-electron chi connectivity index (χ3n) is 3.49. The Balaban J connectivity index is 2.07. The number of carbonyl (C=O) groups excluding carboxylic acids is 1. The third kappa shape index (κ3) is 3.22. The second-order valence-electron chi connectivity index (χ2n) is 4.99. The van der Waals surface area contributed by atoms with Crippen molar-refractivity contribution in [2.24, 2.45) is 0 Å². The van der Waals surface area contributed by atoms with Gasteiger partial charge in [0, 0.05) is 11.8 Å². The van der Waals surface area contributed by atoms with Gasteiger partial charge in [0.1, 0.15) is 0 Å². The first-order valence-corrected chi connectivity index (χ1v) is 7.04. The van der Waals surface area contributed by atoms with E-state index in [0.717, 1.165) is 36.3 Å². The lowest BCUT2D eigenvalue weighted by atomic mass is 10.1. The Bertz CT molecular complexity index is 488. The molecule has 1 aliphatic heterocycles. The zero-order valence-electron chi connectivity index (χ0n) is 12.3. The molecule has 0 bridgehead atoms. The van der Waals surface area contributed by atoms with Crippen molar-refractivity contribution in [1.29, 1.82) is 0 Å². The first-order valence-electron chi connectivity index (χ1n) is 7.04. The van der Waals surface area contributed by atoms with Crippen LogP contribution in [-0.2, 0) is 4.79 Å². The minimum Gasteiger partial charge on any atom is -0.454 e. The monoisotopic (exact) mass is 278 g/mol. The van der Waals surface area contributed by atoms with Crippen molar-refractivity contribution in [3.63, 3.8) is 0 Å². The molecule has 0 aromatic heterocycles. The Morgan fingerprint density at radius 3 is 2.70 bits per heavy atom. The van der Waals surface area contributed by atoms with Gasteiger partial charge < -0.3 is 20.1 Å². The van der Waals surface area contributed by atoms with Gasteiger partial charge in [-0.1, -0.05) is 19.8 Å². The predicted octanol–water partition coefficient (Wildman–Crippen LogP) is 2.44. The van der Waals surface area contributed by atoms with Crippen LogP contribution in [0.3, 0.4) is 0 Å². The van der Waals surface area contributed by atoms with Crippen LogP contribution in [0.25, 0.3) is 0 Å². The molecule has 1 amide bonds. The van der Waals surface area contributed by atoms with E-state index in [1.165, 1.54) is 0 Å². The van der Waals surface area contributed by atoms with Gasteiger partial charge in [0.05, 0.1) is 6.04 Å². The Morgan fingerprint density at radius 1 is 1.35 bits per heavy atom. The number of rotatable bonds is 6. The number of unbranched alkanes of at least 4 members (excludes halogenated alkanes) is 1. The second-order valence-corrected chi connectivity index (χ2v) is 4.99. The van der Waals surface area contributed by atoms with Crippen LogP contribution in [0.5, 0.6) is 11.5 Å². The van der Waals surface area contributed by atoms with E-state index in [9.17, 15) is 4.79 Å². The van der Waals surface area contributed by atoms with Crippen LogP contribution in [0.15, 0.2) is 12.1 Å². The van der Waals surface area contributed by atoms with E-state index in [0.29, 0.717) is 5.75 Å². The van der Waals surface area contributed by atoms with Gasteiger partial charge in [0.2, 0.25) is 12.7 Å². The minimum absolute atomic E-state index is 0.0112. The quantitative estimate of drug-likeness (QED) is 0.839. The van der Waals surface area contributed by atoms with Crippen molar-refractivity contribution in [2.45, 2.75) is 39.2 Å². The summed E-state index contributed by atoms with van der Waals surface area (Å²) in [5.74, 6) is 1.40. The van der Waals surface area contributed by atoms with E-state index in [1.807, 2.05) is 26.1 Å². The topological polar surface area (TPSA) is 59.6 Å². The van der Waals surface area contributed by atoms with Crippen LogP contribution in [0.4, 0.5) is 5.69 Å². The van der Waals surface area contributed by atoms with Crippen molar-refractivity contribution in [3.8, 4) is 11.5 Å². The molecule has 5 nitrogen and oxygen atoms in total. The molecule has 0 aliphatic carbocycles. The van der Waals surface area contributed by atoms with Gasteiger partial charge in [-0.2, -0.15) is 0 Å². The number of carbonyl (C=O) groups is 1. The molecule has 1 aliphatic rings. The van der Waals surface area contributed by atoms with Crippen LogP contribution in [0.2, 0.25) is 0 Å². The molecular formula is C15H22N2O3. The van der Waals surface area contributed by atoms with Crippen LogP contribution >= 0.6 is 0 Å². The molecule has 20 heavy (non-hydrogen) atoms. The fraction of sp³-hybridized carbons (Fsp3) is 0.533. The van der Waals surface area contributed by atoms with Crippen LogP contribution in [0, 0.1) is 6.92 Å². The summed E-state index contributed by atoms with van der Waals surface area (Å²) in [6.45, 7) is 4.30. The maximum atomic E-state index is 12.3. The van der Waals surface area contributed by atoms with Crippen molar-refractivity contribution in [2.75, 3.05) is 19.2 Å². The van der Waals surface area contributed by atoms with E-state index in [1.54, 1.807) is 0 Å². The predicted molar refractivity (Wildman–Crippen MR) is 78.3 cm³/mol. The Morgan fingerprint density at radius 2 is 2.05 bits per heavy atom. The molecule has 1 aromatic rings. The summed E-state index contributed by atoms with van der Waals surface area (Å²) in [5, 5.41) is 6.02. The lowest BCUT2D eigenvalue weighted by Gasteiger charge is -2.17. The molecule has 110 valence electrons. The Kier molecular flexibility index (Phi) is 4.84. The van der Waals surface area contributed by atoms with Crippen LogP contribution in [0.1, 0.15) is 31.7 Å². The molecule has 0 fully saturated rings. The highest BCUT2D eigenvalue weighted by Gasteiger charge is 2.20. The molecule has 1 aromatic carbocycles. The average molecular weight is 278 g/mol. The number of amides is 1. The highest BCUT2D eigenvalue weighted by Crippen LogP contribution is 2.36. The number of benzene rings is 1. The molecule has 0 unspecified atom stereocenters. The third-order valence-corrected chi connectivity index (χ3v) is 3.49. The number of hydrogen-bond acceptors (Lipinski definition) is 4. The van der Waals surface area contributed by atoms with Crippen LogP contribution < -0.4 is 20.1 Å². The minimum atomic E-state index is -0.167. The standard InChI is InChI=1S/C15H22N2O3/c1-4-5-6-11(16-3)15(18)17-12-8-14-13(7-10(12)2)19-9-20-14/h7-8,11,16H,4-6,9H2,1-3H3,(H,17,18)/t11-/m0/s1. The largest absolute Gasteiger partial charge is 0.454 e. The van der Waals surface area contributed by atoms with Gasteiger partial charge in [-0.25, -0.2) is 0 Å². The van der Waals surface area contributed by atoms with Gasteiger partial charge in [0.25, 0.3) is 0 Å². The summed E-state index contributed by atoms with van der Waals surface area (Å²) < 4.78 is 10.7. The van der Waals surface area contributed by atoms with E-state index in [2.05, 4.69) is 17.6 Å². The SMILES string of the molecule is CCCC[C@H](NC)C(=O)Nc1cc2c(cc1C)OCO2. The van der Waals surface area contributed by atoms with Crippen molar-refractivity contribution >= 4 is 11.6 Å². The van der Waals surface area contributed by atoms with Gasteiger partial charge in [-0.15, -0.1) is 0 Å². The number of fused-ring (bicyclic) bond motifs is 1. The van der Waals surface area contributed by atoms with E-state index >= 15 is 0 Å². The molecule has 0 saturated carbocycles. The summed E-state index contributed by atoms with van der Waals surface area (Å²) in [6.07, 6.45) is 2.94. The molecule has 2 N–H and O–H groups in total. The van der Waals surface area contributed by atoms with Crippen molar-refractivity contribution in [3.05, 3.63) is 17.7 Å². The van der Waals surface area contributed by atoms with Gasteiger partial charge in [0.15, 0.2) is 11.5 Å². The second kappa shape index (κ2) is 6.61. The highest BCUT2D eigenvalue weighted by molar-refractivity contribution is 5.95. The molecule has 0 saturated heterocycles. The summed E-state index contributed by atoms with van der Waals surface area (Å²) in [5.41, 5.74) is 1.74. The van der Waals surface area contributed by atoms with E-state index in [4.69, 9.17) is 9.47 Å². The van der Waals surface area contributed by atoms with Gasteiger partial charge in [-0.3, -0.25) is 4.79 Å². The first kappa shape index (κ1) is 14.7. The Hall–Kier alpha value is -1.75. The molecule has 0 spiro atoms.